The van der Waals surface area contributed by atoms with Crippen molar-refractivity contribution in [2.24, 2.45) is 0 Å². The lowest BCUT2D eigenvalue weighted by Gasteiger charge is -2.27. The van der Waals surface area contributed by atoms with Gasteiger partial charge in [0, 0.05) is 43.4 Å². The smallest absolute Gasteiger partial charge is 0.271 e. The van der Waals surface area contributed by atoms with E-state index in [4.69, 9.17) is 4.98 Å². The number of benzene rings is 1. The largest absolute Gasteiger partial charge is 0.348 e. The predicted molar refractivity (Wildman–Crippen MR) is 125 cm³/mol. The molecule has 8 nitrogen and oxygen atoms in total. The first-order chi connectivity index (χ1) is 16.0. The van der Waals surface area contributed by atoms with Crippen molar-refractivity contribution >= 4 is 11.8 Å². The van der Waals surface area contributed by atoms with Crippen LogP contribution in [0.3, 0.4) is 0 Å². The highest BCUT2D eigenvalue weighted by Crippen LogP contribution is 2.36. The fourth-order valence-electron chi connectivity index (χ4n) is 5.11. The van der Waals surface area contributed by atoms with Crippen LogP contribution in [-0.2, 0) is 19.5 Å². The Bertz CT molecular complexity index is 1180. The zero-order valence-corrected chi connectivity index (χ0v) is 19.4. The van der Waals surface area contributed by atoms with Crippen LogP contribution < -0.4 is 5.32 Å². The van der Waals surface area contributed by atoms with Gasteiger partial charge in [-0.3, -0.25) is 14.3 Å². The van der Waals surface area contributed by atoms with Crippen LogP contribution in [0.15, 0.2) is 42.7 Å². The average Bonchev–Trinajstić information content (AvgIpc) is 3.49. The number of imidazole rings is 1. The molecule has 4 heterocycles. The highest BCUT2D eigenvalue weighted by molar-refractivity contribution is 5.95. The summed E-state index contributed by atoms with van der Waals surface area (Å²) in [5.41, 5.74) is 2.99. The van der Waals surface area contributed by atoms with Gasteiger partial charge in [0.05, 0.1) is 23.5 Å². The second-order valence-electron chi connectivity index (χ2n) is 9.22. The summed E-state index contributed by atoms with van der Waals surface area (Å²) >= 11 is 0. The summed E-state index contributed by atoms with van der Waals surface area (Å²) in [7, 11) is 0. The van der Waals surface area contributed by atoms with E-state index in [9.17, 15) is 9.59 Å². The number of carbonyl (C=O) groups is 2. The molecule has 33 heavy (non-hydrogen) atoms. The monoisotopic (exact) mass is 446 g/mol. The van der Waals surface area contributed by atoms with Gasteiger partial charge in [0.1, 0.15) is 11.5 Å². The normalized spacial score (nSPS) is 19.5. The van der Waals surface area contributed by atoms with Crippen LogP contribution in [0.5, 0.6) is 0 Å². The van der Waals surface area contributed by atoms with Gasteiger partial charge in [-0.05, 0) is 33.6 Å². The molecule has 0 unspecified atom stereocenters. The van der Waals surface area contributed by atoms with E-state index < -0.39 is 0 Å². The number of nitrogens with one attached hydrogen (secondary N) is 1. The van der Waals surface area contributed by atoms with E-state index in [0.29, 0.717) is 24.2 Å². The first kappa shape index (κ1) is 21.4. The highest BCUT2D eigenvalue weighted by atomic mass is 16.2. The molecule has 1 saturated heterocycles. The molecule has 2 atom stereocenters. The zero-order valence-electron chi connectivity index (χ0n) is 19.4. The molecule has 1 fully saturated rings. The molecule has 172 valence electrons. The second kappa shape index (κ2) is 8.50. The Labute approximate surface area is 193 Å². The molecule has 2 aliphatic heterocycles. The van der Waals surface area contributed by atoms with E-state index in [1.54, 1.807) is 10.9 Å². The van der Waals surface area contributed by atoms with Crippen LogP contribution in [0.1, 0.15) is 60.2 Å². The van der Waals surface area contributed by atoms with Crippen LogP contribution >= 0.6 is 0 Å². The maximum atomic E-state index is 13.5. The number of hydrogen-bond acceptors (Lipinski definition) is 4. The first-order valence-electron chi connectivity index (χ1n) is 11.8. The summed E-state index contributed by atoms with van der Waals surface area (Å²) in [5, 5.41) is 7.29. The van der Waals surface area contributed by atoms with Gasteiger partial charge < -0.3 is 14.8 Å². The number of rotatable bonds is 5. The summed E-state index contributed by atoms with van der Waals surface area (Å²) in [6.07, 6.45) is 5.97. The quantitative estimate of drug-likeness (QED) is 0.653. The molecule has 5 rings (SSSR count). The minimum absolute atomic E-state index is 0.0189. The van der Waals surface area contributed by atoms with Crippen molar-refractivity contribution in [3.8, 4) is 11.4 Å². The Kier molecular flexibility index (Phi) is 5.52. The summed E-state index contributed by atoms with van der Waals surface area (Å²) < 4.78 is 3.95. The molecular weight excluding hydrogens is 416 g/mol. The zero-order chi connectivity index (χ0) is 23.1. The van der Waals surface area contributed by atoms with Gasteiger partial charge in [0.25, 0.3) is 11.8 Å². The van der Waals surface area contributed by atoms with Crippen molar-refractivity contribution < 1.29 is 9.59 Å². The Morgan fingerprint density at radius 1 is 1.15 bits per heavy atom. The standard InChI is InChI=1S/C25H30N6O2/c1-4-29-14-18(13-26-29)25(33)31-19-10-11-20(31)15-30-21(12-19)22(24(32)27-16(2)3)28-23(30)17-8-6-5-7-9-17/h5-9,13-14,16,19-20H,4,10-12,15H2,1-3H3,(H,27,32)/t19-,20+/m0/s1. The minimum Gasteiger partial charge on any atom is -0.348 e. The Morgan fingerprint density at radius 2 is 1.91 bits per heavy atom. The molecule has 2 aromatic heterocycles. The molecule has 3 aromatic rings. The third-order valence-electron chi connectivity index (χ3n) is 6.62. The van der Waals surface area contributed by atoms with Gasteiger partial charge in [-0.25, -0.2) is 4.98 Å². The maximum Gasteiger partial charge on any atom is 0.271 e. The maximum absolute atomic E-state index is 13.5. The number of amides is 2. The van der Waals surface area contributed by atoms with Crippen LogP contribution in [-0.4, -0.2) is 54.2 Å². The average molecular weight is 447 g/mol. The molecule has 2 aliphatic rings. The molecule has 0 saturated carbocycles. The second-order valence-corrected chi connectivity index (χ2v) is 9.22. The molecular formula is C25H30N6O2. The van der Waals surface area contributed by atoms with Crippen molar-refractivity contribution in [2.45, 2.75) is 71.2 Å². The Hall–Kier alpha value is -3.42. The Balaban J connectivity index is 1.55. The van der Waals surface area contributed by atoms with Gasteiger partial charge in [0.2, 0.25) is 0 Å². The molecule has 1 N–H and O–H groups in total. The van der Waals surface area contributed by atoms with Crippen molar-refractivity contribution in [3.63, 3.8) is 0 Å². The highest BCUT2D eigenvalue weighted by Gasteiger charge is 2.42. The molecule has 0 aliphatic carbocycles. The van der Waals surface area contributed by atoms with Crippen LogP contribution in [0.25, 0.3) is 11.4 Å². The van der Waals surface area contributed by atoms with E-state index in [-0.39, 0.29) is 29.9 Å². The van der Waals surface area contributed by atoms with Crippen LogP contribution in [0.4, 0.5) is 0 Å². The van der Waals surface area contributed by atoms with E-state index in [0.717, 1.165) is 36.5 Å². The lowest BCUT2D eigenvalue weighted by Crippen LogP contribution is -2.42. The lowest BCUT2D eigenvalue weighted by molar-refractivity contribution is 0.0666. The van der Waals surface area contributed by atoms with E-state index in [1.165, 1.54) is 0 Å². The molecule has 8 heteroatoms. The molecule has 1 aromatic carbocycles. The van der Waals surface area contributed by atoms with Gasteiger partial charge in [-0.2, -0.15) is 5.10 Å². The molecule has 2 amide bonds. The summed E-state index contributed by atoms with van der Waals surface area (Å²) in [6.45, 7) is 7.26. The molecule has 2 bridgehead atoms. The summed E-state index contributed by atoms with van der Waals surface area (Å²) in [4.78, 5) is 33.4. The lowest BCUT2D eigenvalue weighted by atomic mass is 10.0. The first-order valence-corrected chi connectivity index (χ1v) is 11.8. The predicted octanol–water partition coefficient (Wildman–Crippen LogP) is 3.13. The Morgan fingerprint density at radius 3 is 2.61 bits per heavy atom. The summed E-state index contributed by atoms with van der Waals surface area (Å²) in [5.74, 6) is 0.657. The van der Waals surface area contributed by atoms with Gasteiger partial charge in [-0.1, -0.05) is 30.3 Å². The van der Waals surface area contributed by atoms with Gasteiger partial charge in [-0.15, -0.1) is 0 Å². The van der Waals surface area contributed by atoms with Crippen molar-refractivity contribution in [1.82, 2.24) is 29.5 Å². The molecule has 0 radical (unpaired) electrons. The van der Waals surface area contributed by atoms with E-state index in [2.05, 4.69) is 15.0 Å². The number of aryl methyl sites for hydroxylation is 1. The van der Waals surface area contributed by atoms with Gasteiger partial charge in [0.15, 0.2) is 0 Å². The molecule has 0 spiro atoms. The van der Waals surface area contributed by atoms with Crippen LogP contribution in [0, 0.1) is 0 Å². The van der Waals surface area contributed by atoms with Crippen molar-refractivity contribution in [3.05, 3.63) is 59.7 Å². The number of carbonyl (C=O) groups excluding carboxylic acids is 2. The van der Waals surface area contributed by atoms with E-state index in [1.807, 2.05) is 62.2 Å². The topological polar surface area (TPSA) is 85.0 Å². The number of fused-ring (bicyclic) bond motifs is 3. The third kappa shape index (κ3) is 3.83. The van der Waals surface area contributed by atoms with Crippen LogP contribution in [0.2, 0.25) is 0 Å². The fourth-order valence-corrected chi connectivity index (χ4v) is 5.11. The van der Waals surface area contributed by atoms with E-state index >= 15 is 0 Å². The summed E-state index contributed by atoms with van der Waals surface area (Å²) in [6, 6.07) is 10.1. The number of nitrogens with zero attached hydrogens (tertiary/aromatic N) is 5. The third-order valence-corrected chi connectivity index (χ3v) is 6.62. The van der Waals surface area contributed by atoms with Crippen molar-refractivity contribution in [1.29, 1.82) is 0 Å². The van der Waals surface area contributed by atoms with Crippen molar-refractivity contribution in [2.75, 3.05) is 0 Å². The fraction of sp³-hybridized carbons (Fsp3) is 0.440. The SMILES string of the molecule is CCn1cc(C(=O)N2[C@@H]3CC[C@H]2Cc2c(C(=O)NC(C)C)nc(-c4ccccc4)n2C3)cn1. The number of hydrogen-bond donors (Lipinski definition) is 1. The minimum atomic E-state index is -0.157. The van der Waals surface area contributed by atoms with Gasteiger partial charge >= 0.3 is 0 Å². The number of aromatic nitrogens is 4.